The lowest BCUT2D eigenvalue weighted by Crippen LogP contribution is -2.49. The number of amides is 2. The summed E-state index contributed by atoms with van der Waals surface area (Å²) >= 11 is 0. The summed E-state index contributed by atoms with van der Waals surface area (Å²) in [6.45, 7) is 5.81. The first-order chi connectivity index (χ1) is 8.70. The molecule has 0 bridgehead atoms. The van der Waals surface area contributed by atoms with E-state index in [2.05, 4.69) is 5.32 Å². The number of nitrogens with zero attached hydrogens (tertiary/aromatic N) is 1. The van der Waals surface area contributed by atoms with E-state index in [4.69, 9.17) is 10.5 Å². The third-order valence-corrected chi connectivity index (χ3v) is 2.79. The van der Waals surface area contributed by atoms with E-state index in [0.717, 1.165) is 6.42 Å². The van der Waals surface area contributed by atoms with Crippen LogP contribution in [0.1, 0.15) is 33.6 Å². The number of aliphatic hydroxyl groups excluding tert-OH is 1. The molecule has 0 saturated carbocycles. The van der Waals surface area contributed by atoms with Gasteiger partial charge in [-0.15, -0.1) is 0 Å². The quantitative estimate of drug-likeness (QED) is 0.566. The van der Waals surface area contributed by atoms with E-state index >= 15 is 0 Å². The third-order valence-electron chi connectivity index (χ3n) is 2.79. The number of primary amides is 1. The average Bonchev–Trinajstić information content (AvgIpc) is 2.72. The Bertz CT molecular complexity index is 340. The SMILES string of the molecule is CC(C)(C)OC(O)NCC(=O)N1CCC[C@H]1C(N)=O. The van der Waals surface area contributed by atoms with Gasteiger partial charge >= 0.3 is 0 Å². The lowest BCUT2D eigenvalue weighted by Gasteiger charge is -2.26. The summed E-state index contributed by atoms with van der Waals surface area (Å²) in [6, 6.07) is -0.532. The number of hydrogen-bond acceptors (Lipinski definition) is 5. The molecular weight excluding hydrogens is 250 g/mol. The highest BCUT2D eigenvalue weighted by molar-refractivity contribution is 5.88. The molecule has 2 amide bonds. The minimum Gasteiger partial charge on any atom is -0.368 e. The molecule has 0 aliphatic carbocycles. The molecule has 7 nitrogen and oxygen atoms in total. The molecular formula is C12H23N3O4. The van der Waals surface area contributed by atoms with Gasteiger partial charge in [0.1, 0.15) is 6.04 Å². The van der Waals surface area contributed by atoms with Crippen LogP contribution in [0.3, 0.4) is 0 Å². The molecule has 1 aliphatic heterocycles. The number of aliphatic hydroxyl groups is 1. The van der Waals surface area contributed by atoms with E-state index in [1.165, 1.54) is 4.90 Å². The van der Waals surface area contributed by atoms with Crippen LogP contribution < -0.4 is 11.1 Å². The van der Waals surface area contributed by atoms with Crippen molar-refractivity contribution < 1.29 is 19.4 Å². The summed E-state index contributed by atoms with van der Waals surface area (Å²) in [5.74, 6) is -0.754. The maximum atomic E-state index is 11.9. The highest BCUT2D eigenvalue weighted by Gasteiger charge is 2.32. The smallest absolute Gasteiger partial charge is 0.240 e. The number of likely N-dealkylation sites (tertiary alicyclic amines) is 1. The maximum absolute atomic E-state index is 11.9. The van der Waals surface area contributed by atoms with E-state index in [9.17, 15) is 14.7 Å². The molecule has 110 valence electrons. The predicted octanol–water partition coefficient (Wildman–Crippen LogP) is -0.857. The molecule has 2 atom stereocenters. The van der Waals surface area contributed by atoms with Crippen LogP contribution >= 0.6 is 0 Å². The monoisotopic (exact) mass is 273 g/mol. The van der Waals surface area contributed by atoms with Gasteiger partial charge in [0, 0.05) is 6.54 Å². The third kappa shape index (κ3) is 5.14. The van der Waals surface area contributed by atoms with Crippen molar-refractivity contribution in [2.75, 3.05) is 13.1 Å². The second kappa shape index (κ2) is 6.31. The van der Waals surface area contributed by atoms with Gasteiger partial charge in [-0.25, -0.2) is 0 Å². The Labute approximate surface area is 113 Å². The first kappa shape index (κ1) is 15.9. The van der Waals surface area contributed by atoms with Gasteiger partial charge in [0.25, 0.3) is 0 Å². The molecule has 1 rings (SSSR count). The Morgan fingerprint density at radius 2 is 2.16 bits per heavy atom. The molecule has 1 saturated heterocycles. The zero-order valence-electron chi connectivity index (χ0n) is 11.7. The molecule has 0 radical (unpaired) electrons. The fourth-order valence-corrected chi connectivity index (χ4v) is 2.01. The normalized spacial score (nSPS) is 21.5. The Morgan fingerprint density at radius 3 is 2.68 bits per heavy atom. The number of nitrogens with two attached hydrogens (primary N) is 1. The van der Waals surface area contributed by atoms with Crippen molar-refractivity contribution in [2.45, 2.75) is 51.7 Å². The Hall–Kier alpha value is -1.18. The number of carbonyl (C=O) groups excluding carboxylic acids is 2. The van der Waals surface area contributed by atoms with Crippen molar-refractivity contribution in [1.82, 2.24) is 10.2 Å². The largest absolute Gasteiger partial charge is 0.368 e. The summed E-state index contributed by atoms with van der Waals surface area (Å²) in [4.78, 5) is 24.5. The second-order valence-electron chi connectivity index (χ2n) is 5.61. The van der Waals surface area contributed by atoms with E-state index < -0.39 is 24.0 Å². The molecule has 1 heterocycles. The van der Waals surface area contributed by atoms with Crippen molar-refractivity contribution in [3.8, 4) is 0 Å². The van der Waals surface area contributed by atoms with Gasteiger partial charge in [-0.05, 0) is 33.6 Å². The summed E-state index contributed by atoms with van der Waals surface area (Å²) < 4.78 is 5.21. The fourth-order valence-electron chi connectivity index (χ4n) is 2.01. The summed E-state index contributed by atoms with van der Waals surface area (Å²) in [5.41, 5.74) is 4.72. The van der Waals surface area contributed by atoms with Crippen LogP contribution in [0.2, 0.25) is 0 Å². The Balaban J connectivity index is 2.41. The topological polar surface area (TPSA) is 105 Å². The van der Waals surface area contributed by atoms with Gasteiger partial charge in [0.15, 0.2) is 0 Å². The van der Waals surface area contributed by atoms with Gasteiger partial charge in [0.05, 0.1) is 12.1 Å². The van der Waals surface area contributed by atoms with Crippen LogP contribution in [0.5, 0.6) is 0 Å². The fraction of sp³-hybridized carbons (Fsp3) is 0.833. The molecule has 4 N–H and O–H groups in total. The van der Waals surface area contributed by atoms with E-state index in [1.807, 2.05) is 0 Å². The van der Waals surface area contributed by atoms with Crippen LogP contribution in [0.4, 0.5) is 0 Å². The van der Waals surface area contributed by atoms with Crippen LogP contribution in [-0.4, -0.2) is 53.0 Å². The molecule has 0 aromatic heterocycles. The molecule has 0 spiro atoms. The van der Waals surface area contributed by atoms with Gasteiger partial charge < -0.3 is 20.5 Å². The van der Waals surface area contributed by atoms with Crippen LogP contribution in [0.15, 0.2) is 0 Å². The lowest BCUT2D eigenvalue weighted by atomic mass is 10.2. The van der Waals surface area contributed by atoms with Crippen molar-refractivity contribution in [3.63, 3.8) is 0 Å². The van der Waals surface area contributed by atoms with Crippen LogP contribution in [-0.2, 0) is 14.3 Å². The summed E-state index contributed by atoms with van der Waals surface area (Å²) in [6.07, 6.45) is 0.140. The zero-order valence-corrected chi connectivity index (χ0v) is 11.7. The molecule has 0 aromatic rings. The predicted molar refractivity (Wildman–Crippen MR) is 68.8 cm³/mol. The minimum absolute atomic E-state index is 0.0962. The highest BCUT2D eigenvalue weighted by atomic mass is 16.6. The van der Waals surface area contributed by atoms with Gasteiger partial charge in [0.2, 0.25) is 18.2 Å². The van der Waals surface area contributed by atoms with E-state index in [1.54, 1.807) is 20.8 Å². The van der Waals surface area contributed by atoms with Gasteiger partial charge in [-0.3, -0.25) is 14.9 Å². The molecule has 0 aromatic carbocycles. The lowest BCUT2D eigenvalue weighted by molar-refractivity contribution is -0.183. The van der Waals surface area contributed by atoms with Crippen molar-refractivity contribution in [3.05, 3.63) is 0 Å². The van der Waals surface area contributed by atoms with E-state index in [-0.39, 0.29) is 12.5 Å². The van der Waals surface area contributed by atoms with Gasteiger partial charge in [-0.1, -0.05) is 0 Å². The molecule has 1 fully saturated rings. The number of ether oxygens (including phenoxy) is 1. The Morgan fingerprint density at radius 1 is 1.53 bits per heavy atom. The first-order valence-corrected chi connectivity index (χ1v) is 6.39. The number of nitrogens with one attached hydrogen (secondary N) is 1. The van der Waals surface area contributed by atoms with Crippen molar-refractivity contribution in [1.29, 1.82) is 0 Å². The number of carbonyl (C=O) groups is 2. The van der Waals surface area contributed by atoms with Crippen molar-refractivity contribution >= 4 is 11.8 Å². The summed E-state index contributed by atoms with van der Waals surface area (Å²) in [5, 5.41) is 12.1. The zero-order chi connectivity index (χ0) is 14.6. The molecule has 1 unspecified atom stereocenters. The highest BCUT2D eigenvalue weighted by Crippen LogP contribution is 2.16. The summed E-state index contributed by atoms with van der Waals surface area (Å²) in [7, 11) is 0. The standard InChI is InChI=1S/C12H23N3O4/c1-12(2,3)19-11(18)14-7-9(16)15-6-4-5-8(15)10(13)17/h8,11,14,18H,4-7H2,1-3H3,(H2,13,17)/t8-,11?/m0/s1. The Kier molecular flexibility index (Phi) is 5.28. The molecule has 19 heavy (non-hydrogen) atoms. The van der Waals surface area contributed by atoms with Crippen LogP contribution in [0.25, 0.3) is 0 Å². The maximum Gasteiger partial charge on any atom is 0.240 e. The van der Waals surface area contributed by atoms with Crippen molar-refractivity contribution in [2.24, 2.45) is 5.73 Å². The second-order valence-corrected chi connectivity index (χ2v) is 5.61. The first-order valence-electron chi connectivity index (χ1n) is 6.39. The average molecular weight is 273 g/mol. The molecule has 7 heteroatoms. The minimum atomic E-state index is -1.22. The molecule has 1 aliphatic rings. The van der Waals surface area contributed by atoms with Crippen LogP contribution in [0, 0.1) is 0 Å². The number of hydrogen-bond donors (Lipinski definition) is 3. The van der Waals surface area contributed by atoms with E-state index in [0.29, 0.717) is 13.0 Å². The van der Waals surface area contributed by atoms with Gasteiger partial charge in [-0.2, -0.15) is 0 Å². The number of rotatable bonds is 5.